The van der Waals surface area contributed by atoms with Crippen molar-refractivity contribution in [1.29, 1.82) is 0 Å². The molecule has 0 saturated carbocycles. The second-order valence-corrected chi connectivity index (χ2v) is 6.40. The minimum Gasteiger partial charge on any atom is -0.304 e. The van der Waals surface area contributed by atoms with E-state index < -0.39 is 0 Å². The summed E-state index contributed by atoms with van der Waals surface area (Å²) in [6, 6.07) is 18.2. The summed E-state index contributed by atoms with van der Waals surface area (Å²) in [6.45, 7) is 2.98. The first-order valence-corrected chi connectivity index (χ1v) is 8.66. The molecule has 5 heteroatoms. The summed E-state index contributed by atoms with van der Waals surface area (Å²) in [5.74, 6) is -0.0870. The molecule has 2 aromatic carbocycles. The molecule has 0 fully saturated rings. The Hall–Kier alpha value is -2.50. The van der Waals surface area contributed by atoms with E-state index in [2.05, 4.69) is 46.8 Å². The highest BCUT2D eigenvalue weighted by Crippen LogP contribution is 2.24. The Kier molecular flexibility index (Phi) is 5.36. The van der Waals surface area contributed by atoms with Crippen molar-refractivity contribution in [2.45, 2.75) is 13.5 Å². The van der Waals surface area contributed by atoms with Gasteiger partial charge in [-0.15, -0.1) is 11.3 Å². The highest BCUT2D eigenvalue weighted by molar-refractivity contribution is 7.14. The zero-order valence-corrected chi connectivity index (χ0v) is 14.3. The van der Waals surface area contributed by atoms with E-state index >= 15 is 0 Å². The molecule has 122 valence electrons. The maximum atomic E-state index is 12.0. The molecule has 1 heterocycles. The fourth-order valence-electron chi connectivity index (χ4n) is 2.26. The lowest BCUT2D eigenvalue weighted by Crippen LogP contribution is -2.27. The van der Waals surface area contributed by atoms with Gasteiger partial charge in [0.25, 0.3) is 0 Å². The average molecular weight is 337 g/mol. The normalized spacial score (nSPS) is 10.5. The number of nitrogens with zero attached hydrogens (tertiary/aromatic N) is 1. The number of thiazole rings is 1. The first kappa shape index (κ1) is 16.4. The largest absolute Gasteiger partial charge is 0.304 e. The molecular weight excluding hydrogens is 318 g/mol. The van der Waals surface area contributed by atoms with Gasteiger partial charge in [-0.1, -0.05) is 60.2 Å². The fraction of sp³-hybridized carbons (Fsp3) is 0.158. The Labute approximate surface area is 145 Å². The van der Waals surface area contributed by atoms with Crippen LogP contribution in [0.5, 0.6) is 0 Å². The first-order valence-electron chi connectivity index (χ1n) is 7.78. The van der Waals surface area contributed by atoms with Gasteiger partial charge < -0.3 is 10.6 Å². The molecule has 24 heavy (non-hydrogen) atoms. The van der Waals surface area contributed by atoms with Gasteiger partial charge in [-0.3, -0.25) is 4.79 Å². The molecule has 3 aromatic rings. The van der Waals surface area contributed by atoms with E-state index in [0.29, 0.717) is 11.7 Å². The van der Waals surface area contributed by atoms with Gasteiger partial charge in [-0.25, -0.2) is 4.98 Å². The van der Waals surface area contributed by atoms with Gasteiger partial charge in [0.05, 0.1) is 12.2 Å². The lowest BCUT2D eigenvalue weighted by molar-refractivity contribution is -0.115. The Morgan fingerprint density at radius 3 is 2.58 bits per heavy atom. The van der Waals surface area contributed by atoms with Crippen LogP contribution in [0.4, 0.5) is 5.13 Å². The van der Waals surface area contributed by atoms with Crippen molar-refractivity contribution in [1.82, 2.24) is 10.3 Å². The van der Waals surface area contributed by atoms with Crippen LogP contribution >= 0.6 is 11.3 Å². The Morgan fingerprint density at radius 2 is 1.83 bits per heavy atom. The molecule has 0 bridgehead atoms. The van der Waals surface area contributed by atoms with E-state index in [-0.39, 0.29) is 12.5 Å². The number of carbonyl (C=O) groups is 1. The Morgan fingerprint density at radius 1 is 1.08 bits per heavy atom. The van der Waals surface area contributed by atoms with E-state index in [9.17, 15) is 4.79 Å². The number of anilines is 1. The van der Waals surface area contributed by atoms with Crippen molar-refractivity contribution in [3.63, 3.8) is 0 Å². The number of aryl methyl sites for hydroxylation is 1. The number of nitrogens with one attached hydrogen (secondary N) is 2. The van der Waals surface area contributed by atoms with Crippen LogP contribution in [0.15, 0.2) is 60.0 Å². The second kappa shape index (κ2) is 7.86. The van der Waals surface area contributed by atoms with Crippen molar-refractivity contribution < 1.29 is 4.79 Å². The minimum atomic E-state index is -0.0870. The fourth-order valence-corrected chi connectivity index (χ4v) is 3.00. The highest BCUT2D eigenvalue weighted by atomic mass is 32.1. The number of carbonyl (C=O) groups excluding carboxylic acids is 1. The van der Waals surface area contributed by atoms with Crippen LogP contribution in [0.1, 0.15) is 11.1 Å². The van der Waals surface area contributed by atoms with Crippen molar-refractivity contribution in [2.24, 2.45) is 0 Å². The van der Waals surface area contributed by atoms with E-state index in [0.717, 1.165) is 16.8 Å². The summed E-state index contributed by atoms with van der Waals surface area (Å²) < 4.78 is 0. The van der Waals surface area contributed by atoms with Crippen LogP contribution < -0.4 is 10.6 Å². The molecule has 0 unspecified atom stereocenters. The molecule has 4 nitrogen and oxygen atoms in total. The third-order valence-electron chi connectivity index (χ3n) is 3.56. The van der Waals surface area contributed by atoms with Crippen LogP contribution in [-0.4, -0.2) is 17.4 Å². The van der Waals surface area contributed by atoms with E-state index in [1.54, 1.807) is 0 Å². The summed E-state index contributed by atoms with van der Waals surface area (Å²) in [7, 11) is 0. The molecule has 1 amide bonds. The van der Waals surface area contributed by atoms with Crippen LogP contribution in [0.2, 0.25) is 0 Å². The summed E-state index contributed by atoms with van der Waals surface area (Å²) in [6.07, 6.45) is 0. The van der Waals surface area contributed by atoms with Crippen molar-refractivity contribution >= 4 is 22.4 Å². The first-order chi connectivity index (χ1) is 11.7. The van der Waals surface area contributed by atoms with Crippen molar-refractivity contribution in [3.8, 4) is 11.3 Å². The summed E-state index contributed by atoms with van der Waals surface area (Å²) >= 11 is 1.43. The molecule has 2 N–H and O–H groups in total. The third kappa shape index (κ3) is 4.50. The number of rotatable bonds is 6. The number of benzene rings is 2. The van der Waals surface area contributed by atoms with Gasteiger partial charge in [-0.2, -0.15) is 0 Å². The highest BCUT2D eigenvalue weighted by Gasteiger charge is 2.07. The van der Waals surface area contributed by atoms with E-state index in [1.807, 2.05) is 35.7 Å². The molecular formula is C19H19N3OS. The molecule has 0 radical (unpaired) electrons. The van der Waals surface area contributed by atoms with Gasteiger partial charge in [0.2, 0.25) is 5.91 Å². The van der Waals surface area contributed by atoms with Crippen LogP contribution in [0.25, 0.3) is 11.3 Å². The molecule has 0 aliphatic heterocycles. The number of aromatic nitrogens is 1. The molecule has 1 aromatic heterocycles. The lowest BCUT2D eigenvalue weighted by atomic mass is 10.1. The molecule has 0 aliphatic rings. The van der Waals surface area contributed by atoms with Crippen LogP contribution in [0.3, 0.4) is 0 Å². The molecule has 0 spiro atoms. The quantitative estimate of drug-likeness (QED) is 0.718. The lowest BCUT2D eigenvalue weighted by Gasteiger charge is -2.05. The molecule has 0 saturated heterocycles. The van der Waals surface area contributed by atoms with Gasteiger partial charge in [0.15, 0.2) is 5.13 Å². The van der Waals surface area contributed by atoms with Crippen molar-refractivity contribution in [2.75, 3.05) is 11.9 Å². The van der Waals surface area contributed by atoms with Gasteiger partial charge in [0.1, 0.15) is 0 Å². The second-order valence-electron chi connectivity index (χ2n) is 5.54. The third-order valence-corrected chi connectivity index (χ3v) is 4.31. The van der Waals surface area contributed by atoms with Gasteiger partial charge in [0, 0.05) is 17.5 Å². The van der Waals surface area contributed by atoms with Gasteiger partial charge in [-0.05, 0) is 12.5 Å². The summed E-state index contributed by atoms with van der Waals surface area (Å²) in [5.41, 5.74) is 4.32. The SMILES string of the molecule is Cc1ccc(CNCC(=O)Nc2nc(-c3ccccc3)cs2)cc1. The zero-order valence-electron chi connectivity index (χ0n) is 13.5. The number of amides is 1. The topological polar surface area (TPSA) is 54.0 Å². The summed E-state index contributed by atoms with van der Waals surface area (Å²) in [4.78, 5) is 16.5. The average Bonchev–Trinajstić information content (AvgIpc) is 3.06. The maximum absolute atomic E-state index is 12.0. The summed E-state index contributed by atoms with van der Waals surface area (Å²) in [5, 5.41) is 8.55. The smallest absolute Gasteiger partial charge is 0.240 e. The van der Waals surface area contributed by atoms with Crippen molar-refractivity contribution in [3.05, 3.63) is 71.1 Å². The van der Waals surface area contributed by atoms with Gasteiger partial charge >= 0.3 is 0 Å². The van der Waals surface area contributed by atoms with Crippen LogP contribution in [-0.2, 0) is 11.3 Å². The van der Waals surface area contributed by atoms with Crippen LogP contribution in [0, 0.1) is 6.92 Å². The molecule has 3 rings (SSSR count). The molecule has 0 atom stereocenters. The Bertz CT molecular complexity index is 797. The minimum absolute atomic E-state index is 0.0870. The predicted octanol–water partition coefficient (Wildman–Crippen LogP) is 3.85. The standard InChI is InChI=1S/C19H19N3OS/c1-14-7-9-15(10-8-14)11-20-12-18(23)22-19-21-17(13-24-19)16-5-3-2-4-6-16/h2-10,13,20H,11-12H2,1H3,(H,21,22,23). The zero-order chi connectivity index (χ0) is 16.8. The van der Waals surface area contributed by atoms with E-state index in [1.165, 1.54) is 16.9 Å². The Balaban J connectivity index is 1.48. The predicted molar refractivity (Wildman–Crippen MR) is 99.1 cm³/mol. The maximum Gasteiger partial charge on any atom is 0.240 e. The molecule has 0 aliphatic carbocycles. The number of hydrogen-bond donors (Lipinski definition) is 2. The van der Waals surface area contributed by atoms with E-state index in [4.69, 9.17) is 0 Å². The number of hydrogen-bond acceptors (Lipinski definition) is 4. The monoisotopic (exact) mass is 337 g/mol.